The Kier molecular flexibility index (Phi) is 4.37. The number of carbonyl (C=O) groups is 1. The molecule has 2 rings (SSSR count). The summed E-state index contributed by atoms with van der Waals surface area (Å²) in [5.41, 5.74) is 1.41. The topological polar surface area (TPSA) is 59.8 Å². The summed E-state index contributed by atoms with van der Waals surface area (Å²) in [5.74, 6) is -0.0644. The highest BCUT2D eigenvalue weighted by Crippen LogP contribution is 2.16. The summed E-state index contributed by atoms with van der Waals surface area (Å²) in [6.45, 7) is 8.26. The van der Waals surface area contributed by atoms with Gasteiger partial charge in [0.05, 0.1) is 11.8 Å². The number of carbonyl (C=O) groups excluding carboxylic acids is 1. The number of hydrogen-bond donors (Lipinski definition) is 1. The zero-order valence-corrected chi connectivity index (χ0v) is 12.6. The molecule has 0 saturated heterocycles. The molecule has 108 valence electrons. The molecule has 1 N–H and O–H groups in total. The number of nitrogens with zero attached hydrogens (tertiary/aromatic N) is 3. The molecule has 0 fully saturated rings. The average molecular weight is 274 g/mol. The molecular formula is C15H22N4O. The third kappa shape index (κ3) is 2.81. The molecule has 1 amide bonds. The summed E-state index contributed by atoms with van der Waals surface area (Å²) < 4.78 is 1.86. The van der Waals surface area contributed by atoms with Crippen molar-refractivity contribution in [3.05, 3.63) is 24.0 Å². The molecule has 2 heterocycles. The standard InChI is InChI=1S/C15H22N4O/c1-5-13(6-2)18-15(20)12-7-11-9-17-19(10(3)4)14(11)16-8-12/h7-10,13H,5-6H2,1-4H3,(H,18,20). The van der Waals surface area contributed by atoms with Gasteiger partial charge in [-0.3, -0.25) is 4.79 Å². The molecule has 0 bridgehead atoms. The van der Waals surface area contributed by atoms with Gasteiger partial charge in [0, 0.05) is 23.7 Å². The Hall–Kier alpha value is -1.91. The van der Waals surface area contributed by atoms with Gasteiger partial charge in [0.25, 0.3) is 5.91 Å². The number of rotatable bonds is 5. The van der Waals surface area contributed by atoms with Crippen LogP contribution in [0.25, 0.3) is 11.0 Å². The number of aromatic nitrogens is 3. The Labute approximate surface area is 119 Å². The van der Waals surface area contributed by atoms with Crippen LogP contribution in [0.5, 0.6) is 0 Å². The normalized spacial score (nSPS) is 11.5. The van der Waals surface area contributed by atoms with E-state index in [0.717, 1.165) is 23.9 Å². The molecule has 0 spiro atoms. The zero-order chi connectivity index (χ0) is 14.7. The van der Waals surface area contributed by atoms with Crippen molar-refractivity contribution in [3.8, 4) is 0 Å². The third-order valence-corrected chi connectivity index (χ3v) is 3.51. The van der Waals surface area contributed by atoms with Crippen LogP contribution in [0.15, 0.2) is 18.5 Å². The van der Waals surface area contributed by atoms with Crippen LogP contribution in [-0.4, -0.2) is 26.7 Å². The van der Waals surface area contributed by atoms with E-state index >= 15 is 0 Å². The molecule has 0 aliphatic carbocycles. The van der Waals surface area contributed by atoms with Crippen LogP contribution in [0.2, 0.25) is 0 Å². The minimum atomic E-state index is -0.0644. The van der Waals surface area contributed by atoms with Crippen molar-refractivity contribution in [1.29, 1.82) is 0 Å². The largest absolute Gasteiger partial charge is 0.349 e. The first kappa shape index (κ1) is 14.5. The first-order valence-electron chi connectivity index (χ1n) is 7.20. The van der Waals surface area contributed by atoms with Gasteiger partial charge in [-0.05, 0) is 32.8 Å². The van der Waals surface area contributed by atoms with Crippen LogP contribution in [0.3, 0.4) is 0 Å². The number of hydrogen-bond acceptors (Lipinski definition) is 3. The minimum absolute atomic E-state index is 0.0644. The molecule has 2 aromatic rings. The Balaban J connectivity index is 2.26. The number of amides is 1. The van der Waals surface area contributed by atoms with E-state index in [1.165, 1.54) is 0 Å². The monoisotopic (exact) mass is 274 g/mol. The van der Waals surface area contributed by atoms with Crippen LogP contribution in [0.1, 0.15) is 56.9 Å². The van der Waals surface area contributed by atoms with Gasteiger partial charge in [-0.1, -0.05) is 13.8 Å². The van der Waals surface area contributed by atoms with Crippen molar-refractivity contribution in [1.82, 2.24) is 20.1 Å². The Bertz CT molecular complexity index is 599. The molecule has 0 unspecified atom stereocenters. The molecule has 0 aliphatic rings. The first-order chi connectivity index (χ1) is 9.56. The van der Waals surface area contributed by atoms with E-state index in [2.05, 4.69) is 43.1 Å². The van der Waals surface area contributed by atoms with Crippen LogP contribution >= 0.6 is 0 Å². The predicted molar refractivity (Wildman–Crippen MR) is 79.7 cm³/mol. The molecule has 5 nitrogen and oxygen atoms in total. The summed E-state index contributed by atoms with van der Waals surface area (Å²) in [4.78, 5) is 16.6. The smallest absolute Gasteiger partial charge is 0.253 e. The van der Waals surface area contributed by atoms with Crippen molar-refractivity contribution >= 4 is 16.9 Å². The first-order valence-corrected chi connectivity index (χ1v) is 7.20. The zero-order valence-electron chi connectivity index (χ0n) is 12.6. The number of pyridine rings is 1. The van der Waals surface area contributed by atoms with Gasteiger partial charge in [-0.2, -0.15) is 5.10 Å². The highest BCUT2D eigenvalue weighted by Gasteiger charge is 2.13. The quantitative estimate of drug-likeness (QED) is 0.912. The minimum Gasteiger partial charge on any atom is -0.349 e. The second-order valence-corrected chi connectivity index (χ2v) is 5.31. The lowest BCUT2D eigenvalue weighted by atomic mass is 10.1. The number of nitrogens with one attached hydrogen (secondary N) is 1. The molecule has 0 aromatic carbocycles. The van der Waals surface area contributed by atoms with Crippen LogP contribution in [0.4, 0.5) is 0 Å². The summed E-state index contributed by atoms with van der Waals surface area (Å²) in [7, 11) is 0. The van der Waals surface area contributed by atoms with Crippen molar-refractivity contribution < 1.29 is 4.79 Å². The van der Waals surface area contributed by atoms with E-state index < -0.39 is 0 Å². The van der Waals surface area contributed by atoms with Crippen molar-refractivity contribution in [2.24, 2.45) is 0 Å². The summed E-state index contributed by atoms with van der Waals surface area (Å²) in [5, 5.41) is 8.23. The third-order valence-electron chi connectivity index (χ3n) is 3.51. The molecule has 0 atom stereocenters. The Morgan fingerprint density at radius 1 is 1.30 bits per heavy atom. The maximum Gasteiger partial charge on any atom is 0.253 e. The van der Waals surface area contributed by atoms with Gasteiger partial charge in [-0.15, -0.1) is 0 Å². The van der Waals surface area contributed by atoms with Gasteiger partial charge in [0.2, 0.25) is 0 Å². The van der Waals surface area contributed by atoms with E-state index in [4.69, 9.17) is 0 Å². The van der Waals surface area contributed by atoms with Crippen LogP contribution < -0.4 is 5.32 Å². The van der Waals surface area contributed by atoms with Crippen molar-refractivity contribution in [2.75, 3.05) is 0 Å². The van der Waals surface area contributed by atoms with Gasteiger partial charge in [0.15, 0.2) is 5.65 Å². The van der Waals surface area contributed by atoms with Gasteiger partial charge < -0.3 is 5.32 Å². The molecular weight excluding hydrogens is 252 g/mol. The highest BCUT2D eigenvalue weighted by atomic mass is 16.1. The maximum absolute atomic E-state index is 12.2. The van der Waals surface area contributed by atoms with Crippen LogP contribution in [0, 0.1) is 0 Å². The predicted octanol–water partition coefficient (Wildman–Crippen LogP) is 2.93. The molecule has 2 aromatic heterocycles. The highest BCUT2D eigenvalue weighted by molar-refractivity contribution is 5.96. The SMILES string of the molecule is CCC(CC)NC(=O)c1cnc2c(cnn2C(C)C)c1. The summed E-state index contributed by atoms with van der Waals surface area (Å²) >= 11 is 0. The fourth-order valence-corrected chi connectivity index (χ4v) is 2.20. The molecule has 20 heavy (non-hydrogen) atoms. The van der Waals surface area contributed by atoms with Crippen molar-refractivity contribution in [2.45, 2.75) is 52.6 Å². The van der Waals surface area contributed by atoms with Gasteiger partial charge >= 0.3 is 0 Å². The van der Waals surface area contributed by atoms with Crippen LogP contribution in [-0.2, 0) is 0 Å². The van der Waals surface area contributed by atoms with Crippen molar-refractivity contribution in [3.63, 3.8) is 0 Å². The fraction of sp³-hybridized carbons (Fsp3) is 0.533. The molecule has 5 heteroatoms. The second-order valence-electron chi connectivity index (χ2n) is 5.31. The lowest BCUT2D eigenvalue weighted by Gasteiger charge is -2.14. The summed E-state index contributed by atoms with van der Waals surface area (Å²) in [6, 6.07) is 2.33. The molecule has 0 radical (unpaired) electrons. The van der Waals surface area contributed by atoms with E-state index in [-0.39, 0.29) is 18.0 Å². The summed E-state index contributed by atoms with van der Waals surface area (Å²) in [6.07, 6.45) is 5.25. The van der Waals surface area contributed by atoms with E-state index in [0.29, 0.717) is 5.56 Å². The average Bonchev–Trinajstić information content (AvgIpc) is 2.87. The van der Waals surface area contributed by atoms with Gasteiger partial charge in [0.1, 0.15) is 0 Å². The number of fused-ring (bicyclic) bond motifs is 1. The van der Waals surface area contributed by atoms with E-state index in [1.807, 2.05) is 10.7 Å². The lowest BCUT2D eigenvalue weighted by molar-refractivity contribution is 0.0934. The van der Waals surface area contributed by atoms with Gasteiger partial charge in [-0.25, -0.2) is 9.67 Å². The van der Waals surface area contributed by atoms with E-state index in [9.17, 15) is 4.79 Å². The molecule has 0 saturated carbocycles. The Morgan fingerprint density at radius 3 is 2.60 bits per heavy atom. The fourth-order valence-electron chi connectivity index (χ4n) is 2.20. The molecule has 0 aliphatic heterocycles. The van der Waals surface area contributed by atoms with E-state index in [1.54, 1.807) is 12.4 Å². The lowest BCUT2D eigenvalue weighted by Crippen LogP contribution is -2.33. The maximum atomic E-state index is 12.2. The Morgan fingerprint density at radius 2 is 2.00 bits per heavy atom. The second kappa shape index (κ2) is 6.03.